The lowest BCUT2D eigenvalue weighted by Gasteiger charge is -2.08. The third-order valence-electron chi connectivity index (χ3n) is 3.39. The van der Waals surface area contributed by atoms with E-state index in [1.807, 2.05) is 38.5 Å². The Hall–Kier alpha value is -2.01. The van der Waals surface area contributed by atoms with E-state index in [-0.39, 0.29) is 6.09 Å². The molecule has 0 saturated carbocycles. The van der Waals surface area contributed by atoms with Crippen LogP contribution in [0.5, 0.6) is 5.75 Å². The van der Waals surface area contributed by atoms with Crippen LogP contribution in [0.4, 0.5) is 4.79 Å². The fourth-order valence-corrected chi connectivity index (χ4v) is 2.29. The first kappa shape index (κ1) is 15.4. The molecule has 0 radical (unpaired) electrons. The average molecular weight is 290 g/mol. The van der Waals surface area contributed by atoms with Crippen LogP contribution in [0.2, 0.25) is 0 Å². The summed E-state index contributed by atoms with van der Waals surface area (Å²) in [6, 6.07) is 5.78. The van der Waals surface area contributed by atoms with Gasteiger partial charge in [0.05, 0.1) is 19.2 Å². The topological polar surface area (TPSA) is 43.7 Å². The van der Waals surface area contributed by atoms with Gasteiger partial charge < -0.3 is 14.4 Å². The minimum absolute atomic E-state index is 0.355. The van der Waals surface area contributed by atoms with Gasteiger partial charge >= 0.3 is 6.09 Å². The molecule has 114 valence electrons. The van der Waals surface area contributed by atoms with E-state index < -0.39 is 0 Å². The minimum Gasteiger partial charge on any atom is -0.497 e. The van der Waals surface area contributed by atoms with Crippen molar-refractivity contribution in [1.29, 1.82) is 0 Å². The van der Waals surface area contributed by atoms with E-state index in [1.54, 1.807) is 18.6 Å². The van der Waals surface area contributed by atoms with Gasteiger partial charge in [-0.3, -0.25) is 4.57 Å². The van der Waals surface area contributed by atoms with Crippen molar-refractivity contribution >= 4 is 17.0 Å². The van der Waals surface area contributed by atoms with Gasteiger partial charge in [0.2, 0.25) is 0 Å². The lowest BCUT2D eigenvalue weighted by Crippen LogP contribution is -2.15. The molecule has 1 heterocycles. The summed E-state index contributed by atoms with van der Waals surface area (Å²) in [5, 5.41) is 1.06. The number of fused-ring (bicyclic) bond motifs is 1. The summed E-state index contributed by atoms with van der Waals surface area (Å²) in [5.74, 6) is 0.727. The van der Waals surface area contributed by atoms with Crippen molar-refractivity contribution in [3.8, 4) is 5.75 Å². The summed E-state index contributed by atoms with van der Waals surface area (Å²) in [6.07, 6.45) is 2.39. The van der Waals surface area contributed by atoms with Crippen molar-refractivity contribution in [2.24, 2.45) is 0 Å². The smallest absolute Gasteiger partial charge is 0.418 e. The number of likely N-dealkylation sites (N-methyl/N-ethyl adjacent to an activating group) is 1. The Morgan fingerprint density at radius 1 is 1.33 bits per heavy atom. The predicted octanol–water partition coefficient (Wildman–Crippen LogP) is 2.76. The van der Waals surface area contributed by atoms with Crippen LogP contribution in [-0.4, -0.2) is 49.9 Å². The largest absolute Gasteiger partial charge is 0.497 e. The monoisotopic (exact) mass is 290 g/mol. The Morgan fingerprint density at radius 2 is 2.10 bits per heavy atom. The van der Waals surface area contributed by atoms with Crippen LogP contribution in [0.15, 0.2) is 24.4 Å². The normalized spacial score (nSPS) is 11.1. The number of carbonyl (C=O) groups excluding carboxylic acids is 1. The number of rotatable bonds is 5. The standard InChI is InChI=1S/C16H22N2O3/c1-5-21-16(19)18-11-12(8-9-17(2)3)14-7-6-13(20-4)10-15(14)18/h6-7,10-11H,5,8-9H2,1-4H3. The van der Waals surface area contributed by atoms with Crippen LogP contribution in [0, 0.1) is 0 Å². The van der Waals surface area contributed by atoms with Gasteiger partial charge in [-0.25, -0.2) is 4.79 Å². The van der Waals surface area contributed by atoms with Crippen molar-refractivity contribution in [3.63, 3.8) is 0 Å². The Balaban J connectivity index is 2.47. The first-order valence-corrected chi connectivity index (χ1v) is 7.06. The molecule has 0 fully saturated rings. The quantitative estimate of drug-likeness (QED) is 0.849. The van der Waals surface area contributed by atoms with E-state index >= 15 is 0 Å². The maximum absolute atomic E-state index is 12.1. The number of nitrogens with zero attached hydrogens (tertiary/aromatic N) is 2. The number of ether oxygens (including phenoxy) is 2. The minimum atomic E-state index is -0.355. The highest BCUT2D eigenvalue weighted by Gasteiger charge is 2.15. The third-order valence-corrected chi connectivity index (χ3v) is 3.39. The second kappa shape index (κ2) is 6.63. The molecule has 0 aliphatic carbocycles. The molecule has 21 heavy (non-hydrogen) atoms. The summed E-state index contributed by atoms with van der Waals surface area (Å²) in [7, 11) is 5.69. The van der Waals surface area contributed by atoms with Gasteiger partial charge in [-0.05, 0) is 45.1 Å². The second-order valence-electron chi connectivity index (χ2n) is 5.16. The molecule has 1 aromatic carbocycles. The zero-order valence-corrected chi connectivity index (χ0v) is 13.0. The van der Waals surface area contributed by atoms with Gasteiger partial charge in [0.1, 0.15) is 5.75 Å². The van der Waals surface area contributed by atoms with Crippen LogP contribution < -0.4 is 4.74 Å². The predicted molar refractivity (Wildman–Crippen MR) is 83.2 cm³/mol. The second-order valence-corrected chi connectivity index (χ2v) is 5.16. The van der Waals surface area contributed by atoms with Crippen LogP contribution in [0.25, 0.3) is 10.9 Å². The van der Waals surface area contributed by atoms with Crippen molar-refractivity contribution in [2.75, 3.05) is 34.4 Å². The van der Waals surface area contributed by atoms with E-state index in [1.165, 1.54) is 0 Å². The molecule has 0 aliphatic rings. The van der Waals surface area contributed by atoms with E-state index in [9.17, 15) is 4.79 Å². The Bertz CT molecular complexity index is 632. The Kier molecular flexibility index (Phi) is 4.85. The highest BCUT2D eigenvalue weighted by atomic mass is 16.5. The van der Waals surface area contributed by atoms with Gasteiger partial charge in [-0.15, -0.1) is 0 Å². The van der Waals surface area contributed by atoms with E-state index in [2.05, 4.69) is 4.90 Å². The SMILES string of the molecule is CCOC(=O)n1cc(CCN(C)C)c2ccc(OC)cc21. The first-order chi connectivity index (χ1) is 10.1. The molecule has 0 spiro atoms. The number of aromatic nitrogens is 1. The molecule has 0 unspecified atom stereocenters. The van der Waals surface area contributed by atoms with Crippen molar-refractivity contribution < 1.29 is 14.3 Å². The highest BCUT2D eigenvalue weighted by molar-refractivity contribution is 5.92. The van der Waals surface area contributed by atoms with Crippen LogP contribution in [0.1, 0.15) is 12.5 Å². The van der Waals surface area contributed by atoms with E-state index in [4.69, 9.17) is 9.47 Å². The average Bonchev–Trinajstić information content (AvgIpc) is 2.83. The fraction of sp³-hybridized carbons (Fsp3) is 0.438. The van der Waals surface area contributed by atoms with Crippen molar-refractivity contribution in [2.45, 2.75) is 13.3 Å². The fourth-order valence-electron chi connectivity index (χ4n) is 2.29. The van der Waals surface area contributed by atoms with Gasteiger partial charge in [-0.1, -0.05) is 0 Å². The molecule has 0 bridgehead atoms. The number of hydrogen-bond donors (Lipinski definition) is 0. The van der Waals surface area contributed by atoms with Gasteiger partial charge in [0, 0.05) is 24.2 Å². The van der Waals surface area contributed by atoms with Crippen molar-refractivity contribution in [3.05, 3.63) is 30.0 Å². The van der Waals surface area contributed by atoms with Crippen LogP contribution in [-0.2, 0) is 11.2 Å². The van der Waals surface area contributed by atoms with Gasteiger partial charge in [-0.2, -0.15) is 0 Å². The summed E-state index contributed by atoms with van der Waals surface area (Å²) in [5.41, 5.74) is 1.95. The van der Waals surface area contributed by atoms with E-state index in [0.29, 0.717) is 6.61 Å². The number of methoxy groups -OCH3 is 1. The molecule has 0 saturated heterocycles. The molecule has 0 N–H and O–H groups in total. The molecule has 0 aliphatic heterocycles. The molecule has 0 amide bonds. The zero-order valence-electron chi connectivity index (χ0n) is 13.0. The molecular weight excluding hydrogens is 268 g/mol. The number of benzene rings is 1. The lowest BCUT2D eigenvalue weighted by atomic mass is 10.1. The summed E-state index contributed by atoms with van der Waals surface area (Å²) in [6.45, 7) is 3.08. The van der Waals surface area contributed by atoms with Gasteiger partial charge in [0.15, 0.2) is 0 Å². The maximum atomic E-state index is 12.1. The number of hydrogen-bond acceptors (Lipinski definition) is 4. The molecule has 5 nitrogen and oxygen atoms in total. The van der Waals surface area contributed by atoms with Crippen LogP contribution >= 0.6 is 0 Å². The van der Waals surface area contributed by atoms with Crippen LogP contribution in [0.3, 0.4) is 0 Å². The van der Waals surface area contributed by atoms with E-state index in [0.717, 1.165) is 35.2 Å². The molecule has 5 heteroatoms. The summed E-state index contributed by atoms with van der Waals surface area (Å²) < 4.78 is 11.9. The van der Waals surface area contributed by atoms with Gasteiger partial charge in [0.25, 0.3) is 0 Å². The Labute approximate surface area is 125 Å². The maximum Gasteiger partial charge on any atom is 0.418 e. The molecule has 2 rings (SSSR count). The first-order valence-electron chi connectivity index (χ1n) is 7.06. The van der Waals surface area contributed by atoms with Crippen molar-refractivity contribution in [1.82, 2.24) is 9.47 Å². The molecular formula is C16H22N2O3. The summed E-state index contributed by atoms with van der Waals surface area (Å²) >= 11 is 0. The summed E-state index contributed by atoms with van der Waals surface area (Å²) in [4.78, 5) is 14.2. The molecule has 2 aromatic rings. The highest BCUT2D eigenvalue weighted by Crippen LogP contribution is 2.26. The molecule has 1 aromatic heterocycles. The third kappa shape index (κ3) is 3.36. The molecule has 0 atom stereocenters. The lowest BCUT2D eigenvalue weighted by molar-refractivity contribution is 0.155. The Morgan fingerprint density at radius 3 is 2.71 bits per heavy atom. The zero-order chi connectivity index (χ0) is 15.4. The number of carbonyl (C=O) groups is 1.